The second kappa shape index (κ2) is 11.5. The standard InChI is InChI=1S/C29H36Cl2N2O3S/c1-4-16-29(3)18-26(21-8-6-9-23(31)17-21)27(20-12-14-22(30)15-13-20)33(28(29)34)24(5-2)19-32-37(35,36)25-10-7-11-25/h4,6,8-9,12-15,17,24-27,32H,1,5,7,10-11,16,18-19H2,2-3H3/t24-,26?,27+,29-/m0/s1. The van der Waals surface area contributed by atoms with Crippen molar-refractivity contribution in [1.29, 1.82) is 0 Å². The summed E-state index contributed by atoms with van der Waals surface area (Å²) in [5.74, 6) is -0.0415. The molecule has 1 saturated carbocycles. The number of benzene rings is 2. The fourth-order valence-corrected chi connectivity index (χ4v) is 7.68. The molecular formula is C29H36Cl2N2O3S. The molecule has 2 aromatic carbocycles. The Hall–Kier alpha value is -1.86. The summed E-state index contributed by atoms with van der Waals surface area (Å²) in [5.41, 5.74) is 1.33. The third-order valence-electron chi connectivity index (χ3n) is 8.06. The third-order valence-corrected chi connectivity index (χ3v) is 10.5. The maximum atomic E-state index is 14.3. The molecule has 0 spiro atoms. The van der Waals surface area contributed by atoms with E-state index in [9.17, 15) is 13.2 Å². The number of nitrogens with one attached hydrogen (secondary N) is 1. The minimum atomic E-state index is -3.42. The van der Waals surface area contributed by atoms with Crippen molar-refractivity contribution in [3.8, 4) is 0 Å². The highest BCUT2D eigenvalue weighted by Gasteiger charge is 2.51. The minimum absolute atomic E-state index is 0.0142. The van der Waals surface area contributed by atoms with E-state index in [1.165, 1.54) is 0 Å². The Bertz CT molecular complexity index is 1230. The summed E-state index contributed by atoms with van der Waals surface area (Å²) in [6.07, 6.45) is 5.87. The summed E-state index contributed by atoms with van der Waals surface area (Å²) >= 11 is 12.7. The Morgan fingerprint density at radius 1 is 1.14 bits per heavy atom. The van der Waals surface area contributed by atoms with Crippen LogP contribution in [-0.2, 0) is 14.8 Å². The first-order chi connectivity index (χ1) is 17.6. The first-order valence-electron chi connectivity index (χ1n) is 13.0. The molecule has 5 nitrogen and oxygen atoms in total. The highest BCUT2D eigenvalue weighted by atomic mass is 35.5. The number of piperidine rings is 1. The zero-order valence-corrected chi connectivity index (χ0v) is 23.8. The van der Waals surface area contributed by atoms with Gasteiger partial charge in [0.05, 0.1) is 16.7 Å². The molecule has 1 aliphatic heterocycles. The molecule has 1 aliphatic carbocycles. The highest BCUT2D eigenvalue weighted by Crippen LogP contribution is 2.52. The second-order valence-corrected chi connectivity index (χ2v) is 13.6. The quantitative estimate of drug-likeness (QED) is 0.321. The summed E-state index contributed by atoms with van der Waals surface area (Å²) in [6.45, 7) is 8.10. The van der Waals surface area contributed by atoms with Crippen LogP contribution in [0.15, 0.2) is 61.2 Å². The average Bonchev–Trinajstić information content (AvgIpc) is 2.81. The number of allylic oxidation sites excluding steroid dienone is 1. The average molecular weight is 564 g/mol. The number of carbonyl (C=O) groups is 1. The van der Waals surface area contributed by atoms with Gasteiger partial charge in [-0.25, -0.2) is 13.1 Å². The third kappa shape index (κ3) is 5.93. The van der Waals surface area contributed by atoms with Gasteiger partial charge >= 0.3 is 0 Å². The van der Waals surface area contributed by atoms with Crippen LogP contribution in [0, 0.1) is 5.41 Å². The molecule has 1 saturated heterocycles. The van der Waals surface area contributed by atoms with E-state index >= 15 is 0 Å². The molecule has 2 fully saturated rings. The second-order valence-electron chi connectivity index (χ2n) is 10.6. The predicted molar refractivity (Wildman–Crippen MR) is 151 cm³/mol. The van der Waals surface area contributed by atoms with Crippen molar-refractivity contribution < 1.29 is 13.2 Å². The van der Waals surface area contributed by atoms with Gasteiger partial charge in [0.1, 0.15) is 0 Å². The van der Waals surface area contributed by atoms with Crippen LogP contribution >= 0.6 is 23.2 Å². The highest BCUT2D eigenvalue weighted by molar-refractivity contribution is 7.90. The molecule has 2 aromatic rings. The Morgan fingerprint density at radius 2 is 1.84 bits per heavy atom. The number of nitrogens with zero attached hydrogens (tertiary/aromatic N) is 1. The number of carbonyl (C=O) groups excluding carboxylic acids is 1. The molecule has 4 rings (SSSR count). The molecular weight excluding hydrogens is 527 g/mol. The SMILES string of the molecule is C=CC[C@@]1(C)CC(c2cccc(Cl)c2)[C@@H](c2ccc(Cl)cc2)N([C@@H](CC)CNS(=O)(=O)C2CCC2)C1=O. The first kappa shape index (κ1) is 28.2. The lowest BCUT2D eigenvalue weighted by atomic mass is 9.67. The summed E-state index contributed by atoms with van der Waals surface area (Å²) < 4.78 is 28.6. The molecule has 200 valence electrons. The predicted octanol–water partition coefficient (Wildman–Crippen LogP) is 6.88. The molecule has 0 radical (unpaired) electrons. The minimum Gasteiger partial charge on any atom is -0.330 e. The van der Waals surface area contributed by atoms with Gasteiger partial charge < -0.3 is 4.90 Å². The van der Waals surface area contributed by atoms with E-state index in [1.807, 2.05) is 61.2 Å². The van der Waals surface area contributed by atoms with Crippen molar-refractivity contribution in [3.05, 3.63) is 82.4 Å². The smallest absolute Gasteiger partial charge is 0.229 e. The van der Waals surface area contributed by atoms with Gasteiger partial charge in [-0.05, 0) is 67.5 Å². The summed E-state index contributed by atoms with van der Waals surface area (Å²) in [5, 5.41) is 0.925. The van der Waals surface area contributed by atoms with Crippen LogP contribution in [0.2, 0.25) is 10.0 Å². The summed E-state index contributed by atoms with van der Waals surface area (Å²) in [4.78, 5) is 16.2. The number of hydrogen-bond acceptors (Lipinski definition) is 3. The van der Waals surface area contributed by atoms with Crippen LogP contribution in [0.5, 0.6) is 0 Å². The maximum absolute atomic E-state index is 14.3. The molecule has 0 bridgehead atoms. The molecule has 8 heteroatoms. The lowest BCUT2D eigenvalue weighted by molar-refractivity contribution is -0.154. The normalized spacial score (nSPS) is 25.5. The van der Waals surface area contributed by atoms with E-state index in [4.69, 9.17) is 23.2 Å². The number of rotatable bonds is 10. The van der Waals surface area contributed by atoms with Gasteiger partial charge in [0, 0.05) is 28.5 Å². The topological polar surface area (TPSA) is 66.5 Å². The van der Waals surface area contributed by atoms with E-state index in [0.29, 0.717) is 42.1 Å². The van der Waals surface area contributed by atoms with Crippen molar-refractivity contribution in [2.24, 2.45) is 5.41 Å². The number of likely N-dealkylation sites (tertiary alicyclic amines) is 1. The fraction of sp³-hybridized carbons (Fsp3) is 0.483. The lowest BCUT2D eigenvalue weighted by Crippen LogP contribution is -2.58. The van der Waals surface area contributed by atoms with Gasteiger partial charge in [-0.3, -0.25) is 4.79 Å². The molecule has 37 heavy (non-hydrogen) atoms. The number of hydrogen-bond donors (Lipinski definition) is 1. The van der Waals surface area contributed by atoms with E-state index in [2.05, 4.69) is 17.4 Å². The van der Waals surface area contributed by atoms with Crippen LogP contribution in [0.4, 0.5) is 0 Å². The van der Waals surface area contributed by atoms with Crippen LogP contribution in [-0.4, -0.2) is 37.1 Å². The Labute approximate surface area is 231 Å². The van der Waals surface area contributed by atoms with Gasteiger partial charge in [-0.15, -0.1) is 6.58 Å². The molecule has 1 unspecified atom stereocenters. The number of sulfonamides is 1. The Morgan fingerprint density at radius 3 is 2.41 bits per heavy atom. The van der Waals surface area contributed by atoms with Gasteiger partial charge in [0.15, 0.2) is 0 Å². The van der Waals surface area contributed by atoms with E-state index in [1.54, 1.807) is 6.08 Å². The first-order valence-corrected chi connectivity index (χ1v) is 15.3. The monoisotopic (exact) mass is 562 g/mol. The zero-order valence-electron chi connectivity index (χ0n) is 21.5. The van der Waals surface area contributed by atoms with Crippen LogP contribution in [0.1, 0.15) is 75.5 Å². The largest absolute Gasteiger partial charge is 0.330 e. The zero-order chi connectivity index (χ0) is 26.8. The van der Waals surface area contributed by atoms with E-state index in [-0.39, 0.29) is 35.7 Å². The van der Waals surface area contributed by atoms with Crippen LogP contribution in [0.25, 0.3) is 0 Å². The molecule has 4 atom stereocenters. The summed E-state index contributed by atoms with van der Waals surface area (Å²) in [7, 11) is -3.42. The molecule has 1 heterocycles. The molecule has 1 N–H and O–H groups in total. The van der Waals surface area contributed by atoms with Crippen molar-refractivity contribution in [2.45, 2.75) is 75.6 Å². The van der Waals surface area contributed by atoms with Gasteiger partial charge in [0.2, 0.25) is 15.9 Å². The molecule has 0 aromatic heterocycles. The van der Waals surface area contributed by atoms with Crippen molar-refractivity contribution >= 4 is 39.1 Å². The van der Waals surface area contributed by atoms with E-state index in [0.717, 1.165) is 17.5 Å². The maximum Gasteiger partial charge on any atom is 0.229 e. The Balaban J connectivity index is 1.80. The van der Waals surface area contributed by atoms with Crippen molar-refractivity contribution in [3.63, 3.8) is 0 Å². The van der Waals surface area contributed by atoms with Gasteiger partial charge in [0.25, 0.3) is 0 Å². The van der Waals surface area contributed by atoms with Gasteiger partial charge in [-0.2, -0.15) is 0 Å². The Kier molecular flexibility index (Phi) is 8.74. The van der Waals surface area contributed by atoms with Crippen LogP contribution in [0.3, 0.4) is 0 Å². The van der Waals surface area contributed by atoms with Gasteiger partial charge in [-0.1, -0.05) is 73.8 Å². The number of halogens is 2. The summed E-state index contributed by atoms with van der Waals surface area (Å²) in [6, 6.07) is 14.8. The molecule has 1 amide bonds. The van der Waals surface area contributed by atoms with Crippen molar-refractivity contribution in [2.75, 3.05) is 6.54 Å². The van der Waals surface area contributed by atoms with Crippen molar-refractivity contribution in [1.82, 2.24) is 9.62 Å². The lowest BCUT2D eigenvalue weighted by Gasteiger charge is -2.52. The van der Waals surface area contributed by atoms with Crippen LogP contribution < -0.4 is 4.72 Å². The fourth-order valence-electron chi connectivity index (χ4n) is 5.74. The number of amides is 1. The van der Waals surface area contributed by atoms with E-state index < -0.39 is 15.4 Å². The molecule has 2 aliphatic rings.